The summed E-state index contributed by atoms with van der Waals surface area (Å²) < 4.78 is 59.6. The summed E-state index contributed by atoms with van der Waals surface area (Å²) >= 11 is 0. The SMILES string of the molecule is CCOC(=O)C1=C(C(F)(F)F)Nc2ncnn2[C@H]1c1ccc(F)cc1. The number of aromatic nitrogens is 3. The van der Waals surface area contributed by atoms with Crippen LogP contribution in [0.1, 0.15) is 18.5 Å². The summed E-state index contributed by atoms with van der Waals surface area (Å²) in [6, 6.07) is 3.48. The highest BCUT2D eigenvalue weighted by molar-refractivity contribution is 5.92. The minimum Gasteiger partial charge on any atom is -0.463 e. The van der Waals surface area contributed by atoms with Gasteiger partial charge in [-0.25, -0.2) is 13.9 Å². The van der Waals surface area contributed by atoms with Gasteiger partial charge in [0, 0.05) is 0 Å². The van der Waals surface area contributed by atoms with E-state index in [9.17, 15) is 22.4 Å². The second-order valence-electron chi connectivity index (χ2n) is 5.11. The van der Waals surface area contributed by atoms with E-state index in [0.717, 1.165) is 23.1 Å². The van der Waals surface area contributed by atoms with Crippen molar-refractivity contribution >= 4 is 11.9 Å². The molecular weight excluding hydrogens is 344 g/mol. The molecule has 1 aromatic carbocycles. The highest BCUT2D eigenvalue weighted by Crippen LogP contribution is 2.41. The molecule has 0 saturated carbocycles. The molecule has 0 saturated heterocycles. The maximum absolute atomic E-state index is 13.5. The topological polar surface area (TPSA) is 69.0 Å². The van der Waals surface area contributed by atoms with Gasteiger partial charge in [0.1, 0.15) is 23.9 Å². The van der Waals surface area contributed by atoms with E-state index in [0.29, 0.717) is 0 Å². The fraction of sp³-hybridized carbons (Fsp3) is 0.267. The summed E-state index contributed by atoms with van der Waals surface area (Å²) in [5.41, 5.74) is -1.71. The molecule has 3 rings (SSSR count). The number of hydrogen-bond donors (Lipinski definition) is 1. The number of carbonyl (C=O) groups excluding carboxylic acids is 1. The van der Waals surface area contributed by atoms with Crippen LogP contribution in [0.4, 0.5) is 23.5 Å². The molecule has 25 heavy (non-hydrogen) atoms. The molecule has 0 unspecified atom stereocenters. The molecular formula is C15H12F4N4O2. The summed E-state index contributed by atoms with van der Waals surface area (Å²) in [6.45, 7) is 1.38. The second-order valence-corrected chi connectivity index (χ2v) is 5.11. The lowest BCUT2D eigenvalue weighted by molar-refractivity contribution is -0.140. The number of ether oxygens (including phenoxy) is 1. The van der Waals surface area contributed by atoms with E-state index in [2.05, 4.69) is 15.4 Å². The van der Waals surface area contributed by atoms with Crippen LogP contribution in [0.2, 0.25) is 0 Å². The van der Waals surface area contributed by atoms with E-state index in [1.54, 1.807) is 0 Å². The van der Waals surface area contributed by atoms with Crippen molar-refractivity contribution in [3.63, 3.8) is 0 Å². The summed E-state index contributed by atoms with van der Waals surface area (Å²) in [7, 11) is 0. The van der Waals surface area contributed by atoms with Gasteiger partial charge < -0.3 is 10.1 Å². The Morgan fingerprint density at radius 3 is 2.60 bits per heavy atom. The third-order valence-electron chi connectivity index (χ3n) is 3.56. The number of esters is 1. The Bertz CT molecular complexity index is 827. The zero-order chi connectivity index (χ0) is 18.2. The Labute approximate surface area is 139 Å². The van der Waals surface area contributed by atoms with Crippen LogP contribution in [0.3, 0.4) is 0 Å². The number of rotatable bonds is 3. The minimum atomic E-state index is -4.85. The normalized spacial score (nSPS) is 17.1. The molecule has 1 aromatic heterocycles. The van der Waals surface area contributed by atoms with Crippen molar-refractivity contribution in [2.45, 2.75) is 19.1 Å². The molecule has 6 nitrogen and oxygen atoms in total. The maximum atomic E-state index is 13.5. The van der Waals surface area contributed by atoms with Crippen LogP contribution in [-0.4, -0.2) is 33.5 Å². The van der Waals surface area contributed by atoms with Crippen molar-refractivity contribution in [3.05, 3.63) is 53.2 Å². The predicted molar refractivity (Wildman–Crippen MR) is 77.9 cm³/mol. The molecule has 0 aliphatic carbocycles. The number of fused-ring (bicyclic) bond motifs is 1. The van der Waals surface area contributed by atoms with Crippen LogP contribution in [0, 0.1) is 5.82 Å². The van der Waals surface area contributed by atoms with Crippen LogP contribution in [-0.2, 0) is 9.53 Å². The quantitative estimate of drug-likeness (QED) is 0.677. The Morgan fingerprint density at radius 1 is 1.32 bits per heavy atom. The van der Waals surface area contributed by atoms with Crippen LogP contribution >= 0.6 is 0 Å². The average molecular weight is 356 g/mol. The number of allylic oxidation sites excluding steroid dienone is 1. The van der Waals surface area contributed by atoms with Crippen molar-refractivity contribution in [2.24, 2.45) is 0 Å². The van der Waals surface area contributed by atoms with Gasteiger partial charge in [0.2, 0.25) is 5.95 Å². The van der Waals surface area contributed by atoms with Crippen LogP contribution in [0.15, 0.2) is 41.9 Å². The zero-order valence-electron chi connectivity index (χ0n) is 12.8. The molecule has 0 radical (unpaired) electrons. The van der Waals surface area contributed by atoms with Gasteiger partial charge in [-0.05, 0) is 24.6 Å². The van der Waals surface area contributed by atoms with Gasteiger partial charge >= 0.3 is 12.1 Å². The lowest BCUT2D eigenvalue weighted by Crippen LogP contribution is -2.35. The Hall–Kier alpha value is -2.91. The third kappa shape index (κ3) is 3.06. The average Bonchev–Trinajstić information content (AvgIpc) is 3.01. The largest absolute Gasteiger partial charge is 0.463 e. The van der Waals surface area contributed by atoms with Crippen molar-refractivity contribution in [3.8, 4) is 0 Å². The Kier molecular flexibility index (Phi) is 4.19. The molecule has 1 atom stereocenters. The molecule has 1 aliphatic rings. The summed E-state index contributed by atoms with van der Waals surface area (Å²) in [5.74, 6) is -1.89. The first-order chi connectivity index (χ1) is 11.8. The van der Waals surface area contributed by atoms with Crippen molar-refractivity contribution in [1.29, 1.82) is 0 Å². The summed E-state index contributed by atoms with van der Waals surface area (Å²) in [5, 5.41) is 5.97. The Balaban J connectivity index is 2.24. The van der Waals surface area contributed by atoms with E-state index in [1.807, 2.05) is 0 Å². The van der Waals surface area contributed by atoms with Crippen LogP contribution in [0.25, 0.3) is 0 Å². The maximum Gasteiger partial charge on any atom is 0.431 e. The van der Waals surface area contributed by atoms with E-state index < -0.39 is 35.3 Å². The zero-order valence-corrected chi connectivity index (χ0v) is 12.8. The first kappa shape index (κ1) is 16.9. The molecule has 0 spiro atoms. The number of anilines is 1. The van der Waals surface area contributed by atoms with E-state index in [4.69, 9.17) is 4.74 Å². The van der Waals surface area contributed by atoms with Crippen molar-refractivity contribution < 1.29 is 27.1 Å². The van der Waals surface area contributed by atoms with E-state index >= 15 is 0 Å². The summed E-state index contributed by atoms with van der Waals surface area (Å²) in [4.78, 5) is 16.0. The molecule has 0 amide bonds. The molecule has 132 valence electrons. The van der Waals surface area contributed by atoms with Gasteiger partial charge in [-0.15, -0.1) is 0 Å². The Morgan fingerprint density at radius 2 is 2.00 bits per heavy atom. The van der Waals surface area contributed by atoms with Gasteiger partial charge in [-0.3, -0.25) is 0 Å². The van der Waals surface area contributed by atoms with Crippen LogP contribution in [0.5, 0.6) is 0 Å². The van der Waals surface area contributed by atoms with E-state index in [-0.39, 0.29) is 18.1 Å². The van der Waals surface area contributed by atoms with Gasteiger partial charge in [-0.1, -0.05) is 12.1 Å². The number of carbonyl (C=O) groups is 1. The highest BCUT2D eigenvalue weighted by atomic mass is 19.4. The van der Waals surface area contributed by atoms with Gasteiger partial charge in [-0.2, -0.15) is 23.3 Å². The van der Waals surface area contributed by atoms with Gasteiger partial charge in [0.05, 0.1) is 12.2 Å². The van der Waals surface area contributed by atoms with Crippen LogP contribution < -0.4 is 5.32 Å². The number of nitrogens with zero attached hydrogens (tertiary/aromatic N) is 3. The van der Waals surface area contributed by atoms with E-state index in [1.165, 1.54) is 19.1 Å². The fourth-order valence-electron chi connectivity index (χ4n) is 2.57. The van der Waals surface area contributed by atoms with Crippen molar-refractivity contribution in [1.82, 2.24) is 14.8 Å². The van der Waals surface area contributed by atoms with Gasteiger partial charge in [0.15, 0.2) is 0 Å². The molecule has 1 N–H and O–H groups in total. The summed E-state index contributed by atoms with van der Waals surface area (Å²) in [6.07, 6.45) is -3.79. The predicted octanol–water partition coefficient (Wildman–Crippen LogP) is 2.81. The molecule has 2 heterocycles. The minimum absolute atomic E-state index is 0.103. The smallest absolute Gasteiger partial charge is 0.431 e. The lowest BCUT2D eigenvalue weighted by Gasteiger charge is -2.30. The molecule has 2 aromatic rings. The number of alkyl halides is 3. The molecule has 1 aliphatic heterocycles. The monoisotopic (exact) mass is 356 g/mol. The first-order valence-corrected chi connectivity index (χ1v) is 7.23. The lowest BCUT2D eigenvalue weighted by atomic mass is 9.95. The third-order valence-corrected chi connectivity index (χ3v) is 3.56. The number of benzene rings is 1. The molecule has 0 bridgehead atoms. The molecule has 10 heteroatoms. The number of nitrogens with one attached hydrogen (secondary N) is 1. The second kappa shape index (κ2) is 6.19. The van der Waals surface area contributed by atoms with Crippen molar-refractivity contribution in [2.75, 3.05) is 11.9 Å². The highest BCUT2D eigenvalue weighted by Gasteiger charge is 2.46. The number of halogens is 4. The standard InChI is InChI=1S/C15H12F4N4O2/c1-2-25-13(24)10-11(8-3-5-9(16)6-4-8)23-14(20-7-21-23)22-12(10)15(17,18)19/h3-7,11H,2H2,1H3,(H,20,21,22)/t11-/m0/s1. The van der Waals surface area contributed by atoms with Gasteiger partial charge in [0.25, 0.3) is 0 Å². The molecule has 0 fully saturated rings. The number of hydrogen-bond acceptors (Lipinski definition) is 5. The first-order valence-electron chi connectivity index (χ1n) is 7.23. The fourth-order valence-corrected chi connectivity index (χ4v) is 2.57.